The smallest absolute Gasteiger partial charge is 0.212 e. The summed E-state index contributed by atoms with van der Waals surface area (Å²) < 4.78 is 0. The monoisotopic (exact) mass is 517 g/mol. The zero-order chi connectivity index (χ0) is 24.3. The predicted molar refractivity (Wildman–Crippen MR) is 141 cm³/mol. The predicted octanol–water partition coefficient (Wildman–Crippen LogP) is 4.29. The maximum absolute atomic E-state index is 14.0. The van der Waals surface area contributed by atoms with Gasteiger partial charge in [0.1, 0.15) is 0 Å². The van der Waals surface area contributed by atoms with E-state index in [0.717, 1.165) is 61.5 Å². The molecule has 3 aliphatic heterocycles. The number of allylic oxidation sites excluding steroid dienone is 5. The Morgan fingerprint density at radius 1 is 0.750 bits per heavy atom. The van der Waals surface area contributed by atoms with Gasteiger partial charge in [-0.15, -0.1) is 0 Å². The first-order chi connectivity index (χ1) is 16.9. The van der Waals surface area contributed by atoms with Crippen molar-refractivity contribution in [3.05, 3.63) is 116 Å². The third-order valence-corrected chi connectivity index (χ3v) is 7.06. The standard InChI is InChI=1S/C30H26N4O.Co/c1-17-18(2)28-19(3)29-30(35)27(20-8-6-5-7-9-20)26(34(29)4)16-24-13-11-22(32-24)14-21-10-12-23(31-21)15-25(17)33-28;/h5-16,31-32H,1-4H3;. The summed E-state index contributed by atoms with van der Waals surface area (Å²) in [6, 6.07) is 18.1. The van der Waals surface area contributed by atoms with E-state index >= 15 is 0 Å². The number of aliphatic imine (C=N–C) groups is 1. The molecule has 36 heavy (non-hydrogen) atoms. The van der Waals surface area contributed by atoms with Crippen molar-refractivity contribution in [3.8, 4) is 0 Å². The van der Waals surface area contributed by atoms with Crippen molar-refractivity contribution in [1.29, 1.82) is 0 Å². The second kappa shape index (κ2) is 8.97. The quantitative estimate of drug-likeness (QED) is 0.506. The molecule has 0 unspecified atom stereocenters. The molecular formula is C30H26CoN4O. The van der Waals surface area contributed by atoms with Crippen LogP contribution in [0.15, 0.2) is 93.4 Å². The van der Waals surface area contributed by atoms with Crippen LogP contribution < -0.4 is 10.7 Å². The number of nitrogens with one attached hydrogen (secondary N) is 2. The third-order valence-electron chi connectivity index (χ3n) is 7.06. The Morgan fingerprint density at radius 2 is 1.42 bits per heavy atom. The van der Waals surface area contributed by atoms with Crippen LogP contribution in [0, 0.1) is 0 Å². The van der Waals surface area contributed by atoms with Gasteiger partial charge < -0.3 is 14.9 Å². The fourth-order valence-corrected chi connectivity index (χ4v) is 5.08. The Hall–Kier alpha value is -3.87. The van der Waals surface area contributed by atoms with Gasteiger partial charge in [0.05, 0.1) is 28.4 Å². The van der Waals surface area contributed by atoms with E-state index in [1.165, 1.54) is 0 Å². The summed E-state index contributed by atoms with van der Waals surface area (Å²) in [5.41, 5.74) is 10.0. The minimum Gasteiger partial charge on any atom is -0.355 e. The fraction of sp³-hybridized carbons (Fsp3) is 0.133. The molecule has 1 radical (unpaired) electrons. The van der Waals surface area contributed by atoms with E-state index in [0.29, 0.717) is 11.3 Å². The summed E-state index contributed by atoms with van der Waals surface area (Å²) >= 11 is 0. The van der Waals surface area contributed by atoms with E-state index in [9.17, 15) is 4.79 Å². The number of hydrogen-bond acceptors (Lipinski definition) is 3. The van der Waals surface area contributed by atoms with Crippen molar-refractivity contribution in [2.24, 2.45) is 4.99 Å². The molecule has 2 aromatic heterocycles. The summed E-state index contributed by atoms with van der Waals surface area (Å²) in [5, 5.41) is 1.92. The van der Waals surface area contributed by atoms with Gasteiger partial charge in [-0.2, -0.15) is 0 Å². The molecule has 181 valence electrons. The van der Waals surface area contributed by atoms with Crippen molar-refractivity contribution in [2.45, 2.75) is 20.8 Å². The Bertz CT molecular complexity index is 1690. The first-order valence-electron chi connectivity index (χ1n) is 11.8. The molecule has 3 aliphatic rings. The van der Waals surface area contributed by atoms with Crippen LogP contribution in [0.5, 0.6) is 0 Å². The van der Waals surface area contributed by atoms with Crippen LogP contribution in [0.4, 0.5) is 0 Å². The van der Waals surface area contributed by atoms with Crippen LogP contribution >= 0.6 is 0 Å². The van der Waals surface area contributed by atoms with Crippen LogP contribution in [0.3, 0.4) is 0 Å². The Morgan fingerprint density at radius 3 is 2.14 bits per heavy atom. The van der Waals surface area contributed by atoms with Crippen molar-refractivity contribution in [3.63, 3.8) is 0 Å². The van der Waals surface area contributed by atoms with Crippen LogP contribution in [-0.2, 0) is 21.6 Å². The molecule has 0 atom stereocenters. The van der Waals surface area contributed by atoms with Gasteiger partial charge in [-0.1, -0.05) is 30.3 Å². The minimum atomic E-state index is 0. The Kier molecular flexibility index (Phi) is 5.94. The van der Waals surface area contributed by atoms with Gasteiger partial charge in [0.25, 0.3) is 0 Å². The molecule has 5 heterocycles. The Balaban J connectivity index is 0.00000267. The van der Waals surface area contributed by atoms with Gasteiger partial charge in [-0.05, 0) is 80.0 Å². The maximum Gasteiger partial charge on any atom is 0.212 e. The minimum absolute atomic E-state index is 0. The molecular weight excluding hydrogens is 491 g/mol. The number of fused-ring (bicyclic) bond motifs is 7. The average molecular weight is 517 g/mol. The second-order valence-electron chi connectivity index (χ2n) is 9.25. The number of nitrogens with zero attached hydrogens (tertiary/aromatic N) is 2. The number of hydrogen-bond donors (Lipinski definition) is 2. The Labute approximate surface area is 220 Å². The van der Waals surface area contributed by atoms with Gasteiger partial charge in [0.2, 0.25) is 5.78 Å². The number of benzene rings is 1. The number of carbonyl (C=O) groups is 1. The number of carbonyl (C=O) groups excluding carboxylic acids is 1. The maximum atomic E-state index is 14.0. The third kappa shape index (κ3) is 3.79. The molecule has 3 aromatic rings. The second-order valence-corrected chi connectivity index (χ2v) is 9.25. The molecule has 0 saturated carbocycles. The number of rotatable bonds is 1. The SMILES string of the molecule is CC1=C(C)C2=NC1=Cc1ccc([nH]1)C=c1ccc([nH]1)=CC1=C(c3ccccc3)C(=O)C(=C2C)N1C.[Co]. The first-order valence-corrected chi connectivity index (χ1v) is 11.8. The summed E-state index contributed by atoms with van der Waals surface area (Å²) in [6.07, 6.45) is 6.20. The van der Waals surface area contributed by atoms with Crippen LogP contribution in [0.2, 0.25) is 0 Å². The van der Waals surface area contributed by atoms with Crippen molar-refractivity contribution >= 4 is 35.3 Å². The van der Waals surface area contributed by atoms with Crippen molar-refractivity contribution in [1.82, 2.24) is 14.9 Å². The van der Waals surface area contributed by atoms with Crippen LogP contribution in [0.25, 0.3) is 23.8 Å². The normalized spacial score (nSPS) is 17.1. The number of H-pyrrole nitrogens is 2. The van der Waals surface area contributed by atoms with Gasteiger partial charge in [0, 0.05) is 51.5 Å². The first kappa shape index (κ1) is 23.8. The summed E-state index contributed by atoms with van der Waals surface area (Å²) in [6.45, 7) is 6.18. The number of ketones is 1. The van der Waals surface area contributed by atoms with Crippen LogP contribution in [0.1, 0.15) is 37.7 Å². The molecule has 0 saturated heterocycles. The molecule has 1 aromatic carbocycles. The van der Waals surface area contributed by atoms with E-state index in [1.54, 1.807) is 0 Å². The summed E-state index contributed by atoms with van der Waals surface area (Å²) in [5.74, 6) is 0.0179. The molecule has 6 heteroatoms. The van der Waals surface area contributed by atoms with Crippen LogP contribution in [-0.4, -0.2) is 33.4 Å². The topological polar surface area (TPSA) is 64.2 Å². The van der Waals surface area contributed by atoms with Crippen molar-refractivity contribution < 1.29 is 21.6 Å². The van der Waals surface area contributed by atoms with Gasteiger partial charge in [0.15, 0.2) is 0 Å². The largest absolute Gasteiger partial charge is 0.355 e. The molecule has 0 aliphatic carbocycles. The number of likely N-dealkylation sites (N-methyl/N-ethyl adjacent to an activating group) is 1. The average Bonchev–Trinajstić information content (AvgIpc) is 3.60. The molecule has 8 bridgehead atoms. The van der Waals surface area contributed by atoms with Crippen molar-refractivity contribution in [2.75, 3.05) is 7.05 Å². The van der Waals surface area contributed by atoms with E-state index in [1.807, 2.05) is 61.3 Å². The van der Waals surface area contributed by atoms with E-state index < -0.39 is 0 Å². The zero-order valence-electron chi connectivity index (χ0n) is 20.6. The molecule has 5 nitrogen and oxygen atoms in total. The number of aromatic nitrogens is 2. The van der Waals surface area contributed by atoms with E-state index in [2.05, 4.69) is 54.2 Å². The van der Waals surface area contributed by atoms with E-state index in [4.69, 9.17) is 4.99 Å². The van der Waals surface area contributed by atoms with Gasteiger partial charge in [-0.25, -0.2) is 4.99 Å². The molecule has 0 fully saturated rings. The molecule has 0 spiro atoms. The van der Waals surface area contributed by atoms with Gasteiger partial charge in [-0.3, -0.25) is 4.79 Å². The summed E-state index contributed by atoms with van der Waals surface area (Å²) in [7, 11) is 1.97. The number of aromatic amines is 2. The van der Waals surface area contributed by atoms with E-state index in [-0.39, 0.29) is 22.6 Å². The zero-order valence-corrected chi connectivity index (χ0v) is 21.6. The molecule has 2 N–H and O–H groups in total. The molecule has 6 rings (SSSR count). The fourth-order valence-electron chi connectivity index (χ4n) is 5.08. The number of Topliss-reactive ketones (excluding diaryl/α,β-unsaturated/α-hetero) is 1. The molecule has 0 amide bonds. The summed E-state index contributed by atoms with van der Waals surface area (Å²) in [4.78, 5) is 27.9. The van der Waals surface area contributed by atoms with Gasteiger partial charge >= 0.3 is 0 Å².